The third-order valence-corrected chi connectivity index (χ3v) is 3.59. The maximum absolute atomic E-state index is 12.1. The van der Waals surface area contributed by atoms with E-state index in [0.29, 0.717) is 13.0 Å². The topological polar surface area (TPSA) is 61.8 Å². The van der Waals surface area contributed by atoms with Gasteiger partial charge in [0.2, 0.25) is 0 Å². The quantitative estimate of drug-likeness (QED) is 0.810. The van der Waals surface area contributed by atoms with Crippen molar-refractivity contribution in [3.05, 3.63) is 35.9 Å². The summed E-state index contributed by atoms with van der Waals surface area (Å²) in [5.74, 6) is 0. The third kappa shape index (κ3) is 4.21. The lowest BCUT2D eigenvalue weighted by Gasteiger charge is -2.35. The number of carbonyl (C=O) groups is 1. The number of benzene rings is 1. The average molecular weight is 278 g/mol. The van der Waals surface area contributed by atoms with Gasteiger partial charge < -0.3 is 10.0 Å². The molecular formula is C15H22N2O3. The summed E-state index contributed by atoms with van der Waals surface area (Å²) >= 11 is 0. The van der Waals surface area contributed by atoms with Crippen LogP contribution in [0.25, 0.3) is 0 Å². The highest BCUT2D eigenvalue weighted by Gasteiger charge is 2.26. The highest BCUT2D eigenvalue weighted by molar-refractivity contribution is 5.73. The van der Waals surface area contributed by atoms with Crippen molar-refractivity contribution in [2.75, 3.05) is 13.2 Å². The molecule has 20 heavy (non-hydrogen) atoms. The molecule has 0 aliphatic carbocycles. The van der Waals surface area contributed by atoms with E-state index < -0.39 is 0 Å². The summed E-state index contributed by atoms with van der Waals surface area (Å²) in [6.07, 6.45) is 3.70. The van der Waals surface area contributed by atoms with Gasteiger partial charge in [0.05, 0.1) is 6.61 Å². The molecule has 1 atom stereocenters. The summed E-state index contributed by atoms with van der Waals surface area (Å²) in [4.78, 5) is 19.1. The van der Waals surface area contributed by atoms with E-state index in [1.165, 1.54) is 0 Å². The van der Waals surface area contributed by atoms with Crippen LogP contribution in [0, 0.1) is 0 Å². The van der Waals surface area contributed by atoms with Gasteiger partial charge in [-0.3, -0.25) is 4.84 Å². The van der Waals surface area contributed by atoms with E-state index in [0.717, 1.165) is 31.4 Å². The van der Waals surface area contributed by atoms with Crippen LogP contribution in [0.4, 0.5) is 4.79 Å². The van der Waals surface area contributed by atoms with Crippen molar-refractivity contribution in [1.82, 2.24) is 10.4 Å². The number of nitrogens with one attached hydrogen (secondary N) is 1. The smallest absolute Gasteiger partial charge is 0.341 e. The second kappa shape index (κ2) is 7.87. The molecule has 0 aromatic heterocycles. The van der Waals surface area contributed by atoms with Crippen molar-refractivity contribution in [2.24, 2.45) is 0 Å². The van der Waals surface area contributed by atoms with Crippen molar-refractivity contribution in [2.45, 2.75) is 38.3 Å². The number of nitrogens with zero attached hydrogens (tertiary/aromatic N) is 1. The van der Waals surface area contributed by atoms with Crippen LogP contribution in [-0.4, -0.2) is 35.2 Å². The Morgan fingerprint density at radius 1 is 1.35 bits per heavy atom. The Morgan fingerprint density at radius 2 is 2.15 bits per heavy atom. The van der Waals surface area contributed by atoms with Crippen molar-refractivity contribution in [3.8, 4) is 0 Å². The van der Waals surface area contributed by atoms with Crippen LogP contribution in [0.5, 0.6) is 0 Å². The van der Waals surface area contributed by atoms with Crippen LogP contribution in [0.2, 0.25) is 0 Å². The molecule has 5 heteroatoms. The summed E-state index contributed by atoms with van der Waals surface area (Å²) in [5, 5.41) is 9.05. The zero-order chi connectivity index (χ0) is 14.2. The number of hydrogen-bond acceptors (Lipinski definition) is 3. The standard InChI is InChI=1S/C15H22N2O3/c18-11-9-14-8-4-5-10-17(14)15(19)16-20-12-13-6-2-1-3-7-13/h1-3,6-7,14,18H,4-5,8-12H2,(H,16,19). The Bertz CT molecular complexity index is 409. The average Bonchev–Trinajstić information content (AvgIpc) is 2.49. The first-order valence-corrected chi connectivity index (χ1v) is 7.14. The molecule has 2 rings (SSSR count). The molecule has 1 aliphatic rings. The molecule has 1 heterocycles. The van der Waals surface area contributed by atoms with Crippen LogP contribution >= 0.6 is 0 Å². The number of likely N-dealkylation sites (tertiary alicyclic amines) is 1. The number of carbonyl (C=O) groups excluding carboxylic acids is 1. The number of aliphatic hydroxyl groups is 1. The molecule has 5 nitrogen and oxygen atoms in total. The van der Waals surface area contributed by atoms with Crippen molar-refractivity contribution in [3.63, 3.8) is 0 Å². The van der Waals surface area contributed by atoms with E-state index >= 15 is 0 Å². The minimum atomic E-state index is -0.209. The Kier molecular flexibility index (Phi) is 5.83. The van der Waals surface area contributed by atoms with E-state index in [1.807, 2.05) is 30.3 Å². The number of piperidine rings is 1. The number of urea groups is 1. The van der Waals surface area contributed by atoms with Gasteiger partial charge in [-0.2, -0.15) is 0 Å². The molecule has 0 spiro atoms. The first-order valence-electron chi connectivity index (χ1n) is 7.14. The van der Waals surface area contributed by atoms with E-state index in [-0.39, 0.29) is 18.7 Å². The molecule has 0 radical (unpaired) electrons. The van der Waals surface area contributed by atoms with E-state index in [1.54, 1.807) is 4.90 Å². The highest BCUT2D eigenvalue weighted by Crippen LogP contribution is 2.19. The number of hydrogen-bond donors (Lipinski definition) is 2. The summed E-state index contributed by atoms with van der Waals surface area (Å²) < 4.78 is 0. The lowest BCUT2D eigenvalue weighted by atomic mass is 10.0. The molecule has 1 unspecified atom stereocenters. The Morgan fingerprint density at radius 3 is 2.90 bits per heavy atom. The van der Waals surface area contributed by atoms with Crippen molar-refractivity contribution >= 4 is 6.03 Å². The second-order valence-corrected chi connectivity index (χ2v) is 5.04. The summed E-state index contributed by atoms with van der Waals surface area (Å²) in [7, 11) is 0. The zero-order valence-electron chi connectivity index (χ0n) is 11.6. The normalized spacial score (nSPS) is 18.9. The van der Waals surface area contributed by atoms with E-state index in [2.05, 4.69) is 5.48 Å². The third-order valence-electron chi connectivity index (χ3n) is 3.59. The summed E-state index contributed by atoms with van der Waals surface area (Å²) in [5.41, 5.74) is 3.51. The lowest BCUT2D eigenvalue weighted by molar-refractivity contribution is 0.0258. The minimum absolute atomic E-state index is 0.110. The van der Waals surface area contributed by atoms with E-state index in [9.17, 15) is 4.79 Å². The Hall–Kier alpha value is -1.59. The number of hydroxylamine groups is 1. The van der Waals surface area contributed by atoms with Crippen LogP contribution in [0.3, 0.4) is 0 Å². The molecule has 1 fully saturated rings. The molecule has 1 saturated heterocycles. The maximum Gasteiger partial charge on any atom is 0.341 e. The first kappa shape index (κ1) is 14.8. The van der Waals surface area contributed by atoms with Gasteiger partial charge in [-0.1, -0.05) is 30.3 Å². The molecule has 1 aliphatic heterocycles. The van der Waals surface area contributed by atoms with Gasteiger partial charge in [-0.25, -0.2) is 10.3 Å². The molecule has 1 aromatic rings. The first-order chi connectivity index (χ1) is 9.81. The van der Waals surface area contributed by atoms with Gasteiger partial charge in [0.25, 0.3) is 0 Å². The molecule has 1 aromatic carbocycles. The van der Waals surface area contributed by atoms with Crippen LogP contribution < -0.4 is 5.48 Å². The zero-order valence-corrected chi connectivity index (χ0v) is 11.6. The van der Waals surface area contributed by atoms with Gasteiger partial charge in [0.1, 0.15) is 0 Å². The van der Waals surface area contributed by atoms with Crippen LogP contribution in [-0.2, 0) is 11.4 Å². The van der Waals surface area contributed by atoms with Gasteiger partial charge in [-0.15, -0.1) is 0 Å². The molecule has 2 amide bonds. The van der Waals surface area contributed by atoms with Gasteiger partial charge >= 0.3 is 6.03 Å². The SMILES string of the molecule is O=C(NOCc1ccccc1)N1CCCCC1CCO. The molecule has 2 N–H and O–H groups in total. The largest absolute Gasteiger partial charge is 0.396 e. The predicted molar refractivity (Wildman–Crippen MR) is 75.8 cm³/mol. The number of amides is 2. The molecule has 0 saturated carbocycles. The fraction of sp³-hybridized carbons (Fsp3) is 0.533. The molecule has 110 valence electrons. The summed E-state index contributed by atoms with van der Waals surface area (Å²) in [6, 6.07) is 9.61. The Balaban J connectivity index is 1.78. The van der Waals surface area contributed by atoms with Gasteiger partial charge in [0.15, 0.2) is 0 Å². The maximum atomic E-state index is 12.1. The fourth-order valence-corrected chi connectivity index (χ4v) is 2.53. The van der Waals surface area contributed by atoms with Gasteiger partial charge in [-0.05, 0) is 31.2 Å². The summed E-state index contributed by atoms with van der Waals surface area (Å²) in [6.45, 7) is 1.19. The van der Waals surface area contributed by atoms with E-state index in [4.69, 9.17) is 9.94 Å². The van der Waals surface area contributed by atoms with Crippen molar-refractivity contribution in [1.29, 1.82) is 0 Å². The number of rotatable bonds is 5. The predicted octanol–water partition coefficient (Wildman–Crippen LogP) is 2.06. The molecule has 0 bridgehead atoms. The number of aliphatic hydroxyl groups excluding tert-OH is 1. The monoisotopic (exact) mass is 278 g/mol. The fourth-order valence-electron chi connectivity index (χ4n) is 2.53. The van der Waals surface area contributed by atoms with Crippen molar-refractivity contribution < 1.29 is 14.7 Å². The van der Waals surface area contributed by atoms with Crippen LogP contribution in [0.15, 0.2) is 30.3 Å². The minimum Gasteiger partial charge on any atom is -0.396 e. The lowest BCUT2D eigenvalue weighted by Crippen LogP contribution is -2.48. The second-order valence-electron chi connectivity index (χ2n) is 5.04. The highest BCUT2D eigenvalue weighted by atomic mass is 16.7. The Labute approximate surface area is 119 Å². The van der Waals surface area contributed by atoms with Gasteiger partial charge in [0, 0.05) is 19.2 Å². The van der Waals surface area contributed by atoms with Crippen LogP contribution in [0.1, 0.15) is 31.2 Å². The molecular weight excluding hydrogens is 256 g/mol.